The van der Waals surface area contributed by atoms with E-state index in [1.807, 2.05) is 25.1 Å². The molecular formula is C26H19NO2S. The number of carbonyl (C=O) groups excluding carboxylic acids is 1. The van der Waals surface area contributed by atoms with Crippen LogP contribution in [0.15, 0.2) is 99.9 Å². The molecule has 6 rings (SSSR count). The van der Waals surface area contributed by atoms with Crippen molar-refractivity contribution in [1.29, 1.82) is 0 Å². The maximum atomic E-state index is 12.3. The van der Waals surface area contributed by atoms with E-state index in [-0.39, 0.29) is 11.9 Å². The minimum absolute atomic E-state index is 0.0325. The number of thioether (sulfide) groups is 1. The second kappa shape index (κ2) is 6.38. The lowest BCUT2D eigenvalue weighted by atomic mass is 9.76. The molecule has 2 aliphatic heterocycles. The van der Waals surface area contributed by atoms with Gasteiger partial charge >= 0.3 is 0 Å². The van der Waals surface area contributed by atoms with Crippen molar-refractivity contribution in [1.82, 2.24) is 5.32 Å². The van der Waals surface area contributed by atoms with Crippen LogP contribution in [0.1, 0.15) is 34.5 Å². The van der Waals surface area contributed by atoms with Gasteiger partial charge < -0.3 is 10.1 Å². The topological polar surface area (TPSA) is 38.3 Å². The van der Waals surface area contributed by atoms with E-state index >= 15 is 0 Å². The predicted octanol–water partition coefficient (Wildman–Crippen LogP) is 5.75. The zero-order valence-electron chi connectivity index (χ0n) is 16.4. The predicted molar refractivity (Wildman–Crippen MR) is 120 cm³/mol. The second-order valence-electron chi connectivity index (χ2n) is 7.85. The Morgan fingerprint density at radius 2 is 1.90 bits per heavy atom. The van der Waals surface area contributed by atoms with Crippen LogP contribution in [-0.2, 0) is 0 Å². The molecule has 2 aromatic rings. The van der Waals surface area contributed by atoms with Gasteiger partial charge in [-0.3, -0.25) is 4.79 Å². The zero-order valence-corrected chi connectivity index (χ0v) is 17.2. The highest BCUT2D eigenvalue weighted by Crippen LogP contribution is 2.50. The molecule has 2 aromatic carbocycles. The first kappa shape index (κ1) is 17.6. The van der Waals surface area contributed by atoms with E-state index in [1.54, 1.807) is 11.8 Å². The number of ether oxygens (including phenoxy) is 1. The Hall–Kier alpha value is -3.24. The zero-order chi connectivity index (χ0) is 20.3. The number of hydrogen-bond acceptors (Lipinski definition) is 3. The number of benzene rings is 2. The van der Waals surface area contributed by atoms with Crippen LogP contribution in [-0.4, -0.2) is 11.5 Å². The van der Waals surface area contributed by atoms with Gasteiger partial charge in [0.1, 0.15) is 5.75 Å². The van der Waals surface area contributed by atoms with E-state index in [2.05, 4.69) is 72.1 Å². The largest absolute Gasteiger partial charge is 0.473 e. The number of hydrogen-bond donors (Lipinski definition) is 1. The van der Waals surface area contributed by atoms with E-state index in [0.717, 1.165) is 32.9 Å². The normalized spacial score (nSPS) is 25.0. The smallest absolute Gasteiger partial charge is 0.252 e. The summed E-state index contributed by atoms with van der Waals surface area (Å²) in [6.07, 6.45) is 15.0. The number of fused-ring (bicyclic) bond motifs is 3. The van der Waals surface area contributed by atoms with Gasteiger partial charge in [0.2, 0.25) is 0 Å². The second-order valence-corrected chi connectivity index (χ2v) is 9.00. The highest BCUT2D eigenvalue weighted by atomic mass is 32.2. The fourth-order valence-corrected chi connectivity index (χ4v) is 5.50. The molecule has 2 aliphatic carbocycles. The SMILES string of the molecule is CC1NC(=O)c2ccc3c(c21)OC12C=C(Sc4ccccc4)C=CC1=CC=CC2=C3. The van der Waals surface area contributed by atoms with Crippen LogP contribution in [0.25, 0.3) is 6.08 Å². The molecule has 3 nitrogen and oxygen atoms in total. The van der Waals surface area contributed by atoms with Crippen LogP contribution in [0, 0.1) is 0 Å². The molecule has 1 N–H and O–H groups in total. The van der Waals surface area contributed by atoms with Gasteiger partial charge in [0, 0.05) is 37.6 Å². The van der Waals surface area contributed by atoms with E-state index in [9.17, 15) is 4.79 Å². The Morgan fingerprint density at radius 3 is 2.77 bits per heavy atom. The van der Waals surface area contributed by atoms with Gasteiger partial charge in [-0.25, -0.2) is 0 Å². The molecule has 30 heavy (non-hydrogen) atoms. The molecule has 0 fully saturated rings. The molecule has 2 atom stereocenters. The number of allylic oxidation sites excluding steroid dienone is 3. The summed E-state index contributed by atoms with van der Waals surface area (Å²) in [7, 11) is 0. The molecule has 4 heteroatoms. The van der Waals surface area contributed by atoms with Crippen molar-refractivity contribution in [3.8, 4) is 5.75 Å². The monoisotopic (exact) mass is 409 g/mol. The molecule has 1 amide bonds. The highest BCUT2D eigenvalue weighted by molar-refractivity contribution is 8.03. The average Bonchev–Trinajstić information content (AvgIpc) is 3.05. The van der Waals surface area contributed by atoms with Crippen LogP contribution < -0.4 is 10.1 Å². The number of amides is 1. The molecule has 0 saturated heterocycles. The summed E-state index contributed by atoms with van der Waals surface area (Å²) in [5.74, 6) is 0.772. The third kappa shape index (κ3) is 2.50. The van der Waals surface area contributed by atoms with Crippen LogP contribution >= 0.6 is 11.8 Å². The highest BCUT2D eigenvalue weighted by Gasteiger charge is 2.44. The first-order chi connectivity index (χ1) is 14.6. The van der Waals surface area contributed by atoms with E-state index in [1.165, 1.54) is 4.90 Å². The molecular weight excluding hydrogens is 390 g/mol. The van der Waals surface area contributed by atoms with E-state index in [0.29, 0.717) is 5.56 Å². The fraction of sp³-hybridized carbons (Fsp3) is 0.115. The van der Waals surface area contributed by atoms with Gasteiger partial charge in [-0.1, -0.05) is 60.3 Å². The van der Waals surface area contributed by atoms with Crippen LogP contribution in [0.5, 0.6) is 5.75 Å². The maximum Gasteiger partial charge on any atom is 0.252 e. The summed E-state index contributed by atoms with van der Waals surface area (Å²) in [6.45, 7) is 2.01. The van der Waals surface area contributed by atoms with Gasteiger partial charge in [0.15, 0.2) is 5.60 Å². The van der Waals surface area contributed by atoms with Crippen LogP contribution in [0.2, 0.25) is 0 Å². The van der Waals surface area contributed by atoms with Gasteiger partial charge in [-0.05, 0) is 43.4 Å². The summed E-state index contributed by atoms with van der Waals surface area (Å²) in [6, 6.07) is 14.2. The lowest BCUT2D eigenvalue weighted by Crippen LogP contribution is -2.42. The summed E-state index contributed by atoms with van der Waals surface area (Å²) < 4.78 is 6.84. The molecule has 2 unspecified atom stereocenters. The third-order valence-electron chi connectivity index (χ3n) is 5.99. The maximum absolute atomic E-state index is 12.3. The van der Waals surface area contributed by atoms with Crippen LogP contribution in [0.4, 0.5) is 0 Å². The fourth-order valence-electron chi connectivity index (χ4n) is 4.57. The summed E-state index contributed by atoms with van der Waals surface area (Å²) in [4.78, 5) is 14.7. The van der Waals surface area contributed by atoms with Crippen molar-refractivity contribution in [2.75, 3.05) is 0 Å². The molecule has 0 radical (unpaired) electrons. The summed E-state index contributed by atoms with van der Waals surface area (Å²) >= 11 is 1.73. The van der Waals surface area contributed by atoms with Gasteiger partial charge in [0.25, 0.3) is 5.91 Å². The average molecular weight is 410 g/mol. The third-order valence-corrected chi connectivity index (χ3v) is 6.98. The minimum atomic E-state index is -0.673. The molecule has 0 aromatic heterocycles. The van der Waals surface area contributed by atoms with Crippen molar-refractivity contribution in [2.24, 2.45) is 0 Å². The molecule has 2 heterocycles. The Kier molecular flexibility index (Phi) is 3.74. The molecule has 146 valence electrons. The number of rotatable bonds is 2. The van der Waals surface area contributed by atoms with E-state index in [4.69, 9.17) is 4.74 Å². The Bertz CT molecular complexity index is 1250. The quantitative estimate of drug-likeness (QED) is 0.687. The Labute approximate surface area is 179 Å². The van der Waals surface area contributed by atoms with Crippen molar-refractivity contribution in [3.63, 3.8) is 0 Å². The van der Waals surface area contributed by atoms with Gasteiger partial charge in [-0.15, -0.1) is 0 Å². The van der Waals surface area contributed by atoms with Crippen molar-refractivity contribution < 1.29 is 9.53 Å². The van der Waals surface area contributed by atoms with Gasteiger partial charge in [-0.2, -0.15) is 0 Å². The molecule has 1 spiro atoms. The van der Waals surface area contributed by atoms with Crippen molar-refractivity contribution in [2.45, 2.75) is 23.5 Å². The minimum Gasteiger partial charge on any atom is -0.473 e. The first-order valence-corrected chi connectivity index (χ1v) is 10.9. The van der Waals surface area contributed by atoms with E-state index < -0.39 is 5.60 Å². The Balaban J connectivity index is 1.50. The Morgan fingerprint density at radius 1 is 1.03 bits per heavy atom. The van der Waals surface area contributed by atoms with Gasteiger partial charge in [0.05, 0.1) is 6.04 Å². The van der Waals surface area contributed by atoms with Crippen molar-refractivity contribution in [3.05, 3.63) is 112 Å². The molecule has 0 bridgehead atoms. The first-order valence-electron chi connectivity index (χ1n) is 10.1. The summed E-state index contributed by atoms with van der Waals surface area (Å²) in [5.41, 5.74) is 4.21. The number of nitrogens with one attached hydrogen (secondary N) is 1. The number of carbonyl (C=O) groups is 1. The lowest BCUT2D eigenvalue weighted by molar-refractivity contribution is 0.0958. The molecule has 0 saturated carbocycles. The molecule has 4 aliphatic rings. The lowest BCUT2D eigenvalue weighted by Gasteiger charge is -2.41. The van der Waals surface area contributed by atoms with Crippen LogP contribution in [0.3, 0.4) is 0 Å². The standard InChI is InChI=1S/C26H19NO2S/c1-16-23-22(25(28)27-16)13-10-17-14-19-7-5-6-18-11-12-21(15-26(18,19)29-24(17)23)30-20-8-3-2-4-9-20/h2-16H,1H3,(H,27,28). The summed E-state index contributed by atoms with van der Waals surface area (Å²) in [5, 5.41) is 3.01. The van der Waals surface area contributed by atoms with Crippen molar-refractivity contribution >= 4 is 23.7 Å².